The van der Waals surface area contributed by atoms with Crippen molar-refractivity contribution < 1.29 is 9.53 Å². The summed E-state index contributed by atoms with van der Waals surface area (Å²) in [6.07, 6.45) is 3.15. The predicted octanol–water partition coefficient (Wildman–Crippen LogP) is 3.49. The molecule has 2 aromatic rings. The van der Waals surface area contributed by atoms with Gasteiger partial charge in [-0.3, -0.25) is 0 Å². The lowest BCUT2D eigenvalue weighted by molar-refractivity contribution is -0.134. The summed E-state index contributed by atoms with van der Waals surface area (Å²) in [6.45, 7) is 0. The molecule has 0 aliphatic heterocycles. The standard InChI is InChI=1S/C20H16N2O2/c1-24-19(23)12-7-13-20(15-22,17-9-3-2-4-10-17)18-11-6-5-8-16(18)14-21/h2-12H,13H2,1H3/b12-7+/t20-/m1/s1. The van der Waals surface area contributed by atoms with Crippen molar-refractivity contribution >= 4 is 5.97 Å². The van der Waals surface area contributed by atoms with E-state index in [1.165, 1.54) is 13.2 Å². The van der Waals surface area contributed by atoms with Gasteiger partial charge in [-0.25, -0.2) is 4.79 Å². The van der Waals surface area contributed by atoms with Crippen LogP contribution in [0.15, 0.2) is 66.7 Å². The topological polar surface area (TPSA) is 73.9 Å². The Hall–Kier alpha value is -3.37. The van der Waals surface area contributed by atoms with Crippen molar-refractivity contribution in [3.63, 3.8) is 0 Å². The Morgan fingerprint density at radius 2 is 1.79 bits per heavy atom. The number of rotatable bonds is 5. The lowest BCUT2D eigenvalue weighted by atomic mass is 9.71. The Morgan fingerprint density at radius 1 is 1.12 bits per heavy atom. The summed E-state index contributed by atoms with van der Waals surface area (Å²) >= 11 is 0. The van der Waals surface area contributed by atoms with Crippen molar-refractivity contribution in [1.82, 2.24) is 0 Å². The summed E-state index contributed by atoms with van der Waals surface area (Å²) in [5.74, 6) is -0.483. The number of benzene rings is 2. The second-order valence-corrected chi connectivity index (χ2v) is 5.17. The summed E-state index contributed by atoms with van der Waals surface area (Å²) in [7, 11) is 1.30. The van der Waals surface area contributed by atoms with Crippen molar-refractivity contribution in [1.29, 1.82) is 10.5 Å². The van der Waals surface area contributed by atoms with E-state index in [0.29, 0.717) is 11.1 Å². The van der Waals surface area contributed by atoms with Gasteiger partial charge < -0.3 is 4.74 Å². The molecular formula is C20H16N2O2. The van der Waals surface area contributed by atoms with Crippen molar-refractivity contribution in [3.8, 4) is 12.1 Å². The van der Waals surface area contributed by atoms with Crippen LogP contribution in [0.5, 0.6) is 0 Å². The number of hydrogen-bond donors (Lipinski definition) is 0. The third kappa shape index (κ3) is 3.34. The number of allylic oxidation sites excluding steroid dienone is 1. The van der Waals surface area contributed by atoms with E-state index in [1.54, 1.807) is 30.3 Å². The minimum Gasteiger partial charge on any atom is -0.466 e. The number of carbonyl (C=O) groups is 1. The first-order valence-corrected chi connectivity index (χ1v) is 7.39. The highest BCUT2D eigenvalue weighted by Crippen LogP contribution is 2.37. The van der Waals surface area contributed by atoms with Crippen LogP contribution >= 0.6 is 0 Å². The number of esters is 1. The molecular weight excluding hydrogens is 300 g/mol. The fraction of sp³-hybridized carbons (Fsp3) is 0.150. The molecule has 2 rings (SSSR count). The SMILES string of the molecule is COC(=O)/C=C/C[C@@](C#N)(c1ccccc1)c1ccccc1C#N. The Balaban J connectivity index is 2.61. The molecule has 0 unspecified atom stereocenters. The van der Waals surface area contributed by atoms with Gasteiger partial charge in [0, 0.05) is 6.08 Å². The summed E-state index contributed by atoms with van der Waals surface area (Å²) in [5, 5.41) is 19.4. The van der Waals surface area contributed by atoms with E-state index >= 15 is 0 Å². The van der Waals surface area contributed by atoms with E-state index in [2.05, 4.69) is 16.9 Å². The molecule has 0 radical (unpaired) electrons. The first-order chi connectivity index (χ1) is 11.7. The summed E-state index contributed by atoms with van der Waals surface area (Å²) in [4.78, 5) is 11.3. The Bertz CT molecular complexity index is 829. The van der Waals surface area contributed by atoms with Crippen molar-refractivity contribution in [3.05, 3.63) is 83.4 Å². The molecule has 0 bridgehead atoms. The number of nitrogens with zero attached hydrogens (tertiary/aromatic N) is 2. The lowest BCUT2D eigenvalue weighted by Gasteiger charge is -2.27. The molecule has 0 amide bonds. The van der Waals surface area contributed by atoms with Gasteiger partial charge in [-0.1, -0.05) is 54.6 Å². The first-order valence-electron chi connectivity index (χ1n) is 7.39. The molecule has 0 aliphatic carbocycles. The van der Waals surface area contributed by atoms with Crippen molar-refractivity contribution in [2.24, 2.45) is 0 Å². The van der Waals surface area contributed by atoms with Crippen LogP contribution < -0.4 is 0 Å². The normalized spacial score (nSPS) is 12.8. The van der Waals surface area contributed by atoms with Gasteiger partial charge in [0.1, 0.15) is 5.41 Å². The van der Waals surface area contributed by atoms with E-state index < -0.39 is 11.4 Å². The molecule has 0 aromatic heterocycles. The highest BCUT2D eigenvalue weighted by Gasteiger charge is 2.35. The van der Waals surface area contributed by atoms with Crippen LogP contribution in [0.1, 0.15) is 23.1 Å². The van der Waals surface area contributed by atoms with Gasteiger partial charge in [0.25, 0.3) is 0 Å². The van der Waals surface area contributed by atoms with Crippen molar-refractivity contribution in [2.75, 3.05) is 7.11 Å². The lowest BCUT2D eigenvalue weighted by Crippen LogP contribution is -2.26. The maximum atomic E-state index is 11.3. The molecule has 24 heavy (non-hydrogen) atoms. The molecule has 0 N–H and O–H groups in total. The minimum absolute atomic E-state index is 0.251. The van der Waals surface area contributed by atoms with Gasteiger partial charge in [0.15, 0.2) is 0 Å². The van der Waals surface area contributed by atoms with E-state index in [1.807, 2.05) is 30.3 Å². The molecule has 0 spiro atoms. The molecule has 4 nitrogen and oxygen atoms in total. The fourth-order valence-corrected chi connectivity index (χ4v) is 2.63. The van der Waals surface area contributed by atoms with Gasteiger partial charge in [0.05, 0.1) is 24.8 Å². The summed E-state index contributed by atoms with van der Waals surface area (Å²) in [6, 6.07) is 20.8. The van der Waals surface area contributed by atoms with Gasteiger partial charge >= 0.3 is 5.97 Å². The summed E-state index contributed by atoms with van der Waals surface area (Å²) < 4.78 is 4.59. The number of ether oxygens (including phenoxy) is 1. The highest BCUT2D eigenvalue weighted by molar-refractivity contribution is 5.81. The highest BCUT2D eigenvalue weighted by atomic mass is 16.5. The molecule has 0 saturated carbocycles. The first kappa shape index (κ1) is 17.0. The molecule has 0 aliphatic rings. The van der Waals surface area contributed by atoms with Crippen LogP contribution in [0.4, 0.5) is 0 Å². The van der Waals surface area contributed by atoms with Crippen LogP contribution in [0.3, 0.4) is 0 Å². The van der Waals surface area contributed by atoms with E-state index in [-0.39, 0.29) is 6.42 Å². The van der Waals surface area contributed by atoms with Crippen LogP contribution in [-0.2, 0) is 14.9 Å². The number of carbonyl (C=O) groups excluding carboxylic acids is 1. The van der Waals surface area contributed by atoms with Crippen LogP contribution in [0, 0.1) is 22.7 Å². The number of nitriles is 2. The zero-order valence-corrected chi connectivity index (χ0v) is 13.3. The smallest absolute Gasteiger partial charge is 0.330 e. The maximum Gasteiger partial charge on any atom is 0.330 e. The van der Waals surface area contributed by atoms with E-state index in [4.69, 9.17) is 0 Å². The van der Waals surface area contributed by atoms with E-state index in [9.17, 15) is 15.3 Å². The largest absolute Gasteiger partial charge is 0.466 e. The monoisotopic (exact) mass is 316 g/mol. The molecule has 4 heteroatoms. The van der Waals surface area contributed by atoms with Crippen LogP contribution in [0.2, 0.25) is 0 Å². The maximum absolute atomic E-state index is 11.3. The van der Waals surface area contributed by atoms with Crippen LogP contribution in [-0.4, -0.2) is 13.1 Å². The van der Waals surface area contributed by atoms with E-state index in [0.717, 1.165) is 5.56 Å². The zero-order valence-electron chi connectivity index (χ0n) is 13.3. The Kier molecular flexibility index (Phi) is 5.49. The quantitative estimate of drug-likeness (QED) is 0.625. The molecule has 118 valence electrons. The minimum atomic E-state index is -1.06. The Labute approximate surface area is 141 Å². The third-order valence-corrected chi connectivity index (χ3v) is 3.84. The summed E-state index contributed by atoms with van der Waals surface area (Å²) in [5.41, 5.74) is 0.771. The van der Waals surface area contributed by atoms with Gasteiger partial charge in [0.2, 0.25) is 0 Å². The second-order valence-electron chi connectivity index (χ2n) is 5.17. The molecule has 0 fully saturated rings. The van der Waals surface area contributed by atoms with Crippen LogP contribution in [0.25, 0.3) is 0 Å². The predicted molar refractivity (Wildman–Crippen MR) is 89.8 cm³/mol. The number of hydrogen-bond acceptors (Lipinski definition) is 4. The van der Waals surface area contributed by atoms with Gasteiger partial charge in [-0.05, 0) is 23.6 Å². The fourth-order valence-electron chi connectivity index (χ4n) is 2.63. The van der Waals surface area contributed by atoms with Gasteiger partial charge in [-0.15, -0.1) is 0 Å². The number of methoxy groups -OCH3 is 1. The molecule has 0 saturated heterocycles. The van der Waals surface area contributed by atoms with Gasteiger partial charge in [-0.2, -0.15) is 10.5 Å². The average Bonchev–Trinajstić information content (AvgIpc) is 2.66. The zero-order chi connectivity index (χ0) is 17.4. The van der Waals surface area contributed by atoms with Crippen molar-refractivity contribution in [2.45, 2.75) is 11.8 Å². The molecule has 1 atom stereocenters. The molecule has 2 aromatic carbocycles. The third-order valence-electron chi connectivity index (χ3n) is 3.84. The molecule has 0 heterocycles. The Morgan fingerprint density at radius 3 is 2.42 bits per heavy atom. The average molecular weight is 316 g/mol. The second kappa shape index (κ2) is 7.76.